The van der Waals surface area contributed by atoms with Gasteiger partial charge in [0.25, 0.3) is 0 Å². The summed E-state index contributed by atoms with van der Waals surface area (Å²) in [6.45, 7) is 11.3. The number of ether oxygens (including phenoxy) is 2. The zero-order valence-corrected chi connectivity index (χ0v) is 21.9. The third-order valence-corrected chi connectivity index (χ3v) is 8.15. The average molecular weight is 488 g/mol. The van der Waals surface area contributed by atoms with E-state index in [2.05, 4.69) is 37.6 Å². The van der Waals surface area contributed by atoms with Crippen molar-refractivity contribution in [3.8, 4) is 0 Å². The van der Waals surface area contributed by atoms with E-state index in [1.165, 1.54) is 16.5 Å². The number of pyridine rings is 1. The predicted molar refractivity (Wildman–Crippen MR) is 138 cm³/mol. The van der Waals surface area contributed by atoms with Crippen molar-refractivity contribution in [1.82, 2.24) is 15.0 Å². The molecule has 0 spiro atoms. The fourth-order valence-electron chi connectivity index (χ4n) is 4.71. The van der Waals surface area contributed by atoms with E-state index in [9.17, 15) is 0 Å². The Morgan fingerprint density at radius 1 is 1.15 bits per heavy atom. The fourth-order valence-corrected chi connectivity index (χ4v) is 6.26. The van der Waals surface area contributed by atoms with E-state index >= 15 is 0 Å². The van der Waals surface area contributed by atoms with Gasteiger partial charge in [0.05, 0.1) is 35.6 Å². The number of thioether (sulfide) groups is 1. The lowest BCUT2D eigenvalue weighted by atomic mass is 9.90. The van der Waals surface area contributed by atoms with Gasteiger partial charge in [-0.2, -0.15) is 0 Å². The predicted octanol–water partition coefficient (Wildman–Crippen LogP) is 4.89. The molecule has 5 heterocycles. The number of thiophene rings is 1. The fraction of sp³-hybridized carbons (Fsp3) is 0.625. The standard InChI is InChI=1S/C24H33N5O2S2/c1-6-7-8-28(4)21-19-18(25-23(27-21)32-5)17-15-13-24(2,3)31-14-16(15)20(26-22(17)33-19)29-9-11-30-12-10-29/h6-14H2,1-5H3. The maximum atomic E-state index is 6.27. The van der Waals surface area contributed by atoms with Gasteiger partial charge in [0.2, 0.25) is 0 Å². The van der Waals surface area contributed by atoms with Crippen LogP contribution in [0.5, 0.6) is 0 Å². The number of unbranched alkanes of at least 4 members (excludes halogenated alkanes) is 1. The molecular formula is C24H33N5O2S2. The molecule has 0 aromatic carbocycles. The zero-order valence-electron chi connectivity index (χ0n) is 20.2. The maximum absolute atomic E-state index is 6.27. The summed E-state index contributed by atoms with van der Waals surface area (Å²) in [6.07, 6.45) is 5.20. The summed E-state index contributed by atoms with van der Waals surface area (Å²) in [6, 6.07) is 0. The minimum atomic E-state index is -0.214. The first kappa shape index (κ1) is 23.1. The van der Waals surface area contributed by atoms with Crippen LogP contribution in [0.4, 0.5) is 11.6 Å². The van der Waals surface area contributed by atoms with E-state index in [1.807, 2.05) is 6.26 Å². The summed E-state index contributed by atoms with van der Waals surface area (Å²) < 4.78 is 13.0. The normalized spacial score (nSPS) is 18.2. The van der Waals surface area contributed by atoms with Crippen molar-refractivity contribution in [2.24, 2.45) is 0 Å². The lowest BCUT2D eigenvalue weighted by Gasteiger charge is -2.36. The number of hydrogen-bond donors (Lipinski definition) is 0. The molecule has 0 unspecified atom stereocenters. The second-order valence-electron chi connectivity index (χ2n) is 9.49. The Kier molecular flexibility index (Phi) is 6.41. The Labute approximate surface area is 203 Å². The first-order chi connectivity index (χ1) is 15.9. The van der Waals surface area contributed by atoms with Crippen molar-refractivity contribution in [2.45, 2.75) is 57.4 Å². The minimum absolute atomic E-state index is 0.214. The maximum Gasteiger partial charge on any atom is 0.189 e. The first-order valence-electron chi connectivity index (χ1n) is 11.8. The van der Waals surface area contributed by atoms with Crippen LogP contribution in [0.25, 0.3) is 20.4 Å². The van der Waals surface area contributed by atoms with Crippen LogP contribution in [0, 0.1) is 0 Å². The molecule has 178 valence electrons. The quantitative estimate of drug-likeness (QED) is 0.360. The van der Waals surface area contributed by atoms with E-state index in [1.54, 1.807) is 23.1 Å². The number of fused-ring (bicyclic) bond motifs is 5. The summed E-state index contributed by atoms with van der Waals surface area (Å²) >= 11 is 3.34. The number of rotatable bonds is 6. The summed E-state index contributed by atoms with van der Waals surface area (Å²) in [7, 11) is 2.14. The molecule has 1 saturated heterocycles. The van der Waals surface area contributed by atoms with Gasteiger partial charge in [0.1, 0.15) is 10.6 Å². The molecular weight excluding hydrogens is 454 g/mol. The molecule has 0 N–H and O–H groups in total. The second-order valence-corrected chi connectivity index (χ2v) is 11.3. The smallest absolute Gasteiger partial charge is 0.189 e. The van der Waals surface area contributed by atoms with E-state index in [4.69, 9.17) is 24.4 Å². The number of anilines is 2. The van der Waals surface area contributed by atoms with Gasteiger partial charge in [-0.25, -0.2) is 15.0 Å². The molecule has 0 amide bonds. The molecule has 0 atom stereocenters. The molecule has 33 heavy (non-hydrogen) atoms. The Hall–Kier alpha value is -1.68. The lowest BCUT2D eigenvalue weighted by Crippen LogP contribution is -2.39. The largest absolute Gasteiger partial charge is 0.378 e. The molecule has 0 aliphatic carbocycles. The summed E-state index contributed by atoms with van der Waals surface area (Å²) in [5, 5.41) is 2.01. The van der Waals surface area contributed by atoms with Gasteiger partial charge < -0.3 is 19.3 Å². The zero-order chi connectivity index (χ0) is 23.2. The molecule has 1 fully saturated rings. The van der Waals surface area contributed by atoms with E-state index in [0.717, 1.165) is 83.9 Å². The molecule has 7 nitrogen and oxygen atoms in total. The van der Waals surface area contributed by atoms with Crippen molar-refractivity contribution >= 4 is 55.2 Å². The van der Waals surface area contributed by atoms with Crippen LogP contribution >= 0.6 is 23.1 Å². The number of morpholine rings is 1. The van der Waals surface area contributed by atoms with E-state index in [-0.39, 0.29) is 5.60 Å². The van der Waals surface area contributed by atoms with Crippen LogP contribution in [-0.2, 0) is 22.5 Å². The average Bonchev–Trinajstić information content (AvgIpc) is 3.19. The molecule has 0 saturated carbocycles. The molecule has 3 aromatic rings. The summed E-state index contributed by atoms with van der Waals surface area (Å²) in [5.74, 6) is 2.08. The summed E-state index contributed by atoms with van der Waals surface area (Å²) in [5.41, 5.74) is 3.39. The van der Waals surface area contributed by atoms with Crippen LogP contribution in [0.1, 0.15) is 44.7 Å². The highest BCUT2D eigenvalue weighted by Crippen LogP contribution is 2.45. The Morgan fingerprint density at radius 2 is 1.94 bits per heavy atom. The van der Waals surface area contributed by atoms with Crippen LogP contribution in [0.2, 0.25) is 0 Å². The first-order valence-corrected chi connectivity index (χ1v) is 13.8. The molecule has 5 rings (SSSR count). The number of hydrogen-bond acceptors (Lipinski definition) is 9. The Balaban J connectivity index is 1.77. The minimum Gasteiger partial charge on any atom is -0.378 e. The van der Waals surface area contributed by atoms with Crippen LogP contribution in [0.15, 0.2) is 5.16 Å². The Bertz CT molecular complexity index is 1170. The van der Waals surface area contributed by atoms with Gasteiger partial charge in [0.15, 0.2) is 11.0 Å². The number of aromatic nitrogens is 3. The Morgan fingerprint density at radius 3 is 2.67 bits per heavy atom. The van der Waals surface area contributed by atoms with Crippen molar-refractivity contribution in [3.63, 3.8) is 0 Å². The summed E-state index contributed by atoms with van der Waals surface area (Å²) in [4.78, 5) is 20.9. The van der Waals surface area contributed by atoms with Gasteiger partial charge in [-0.1, -0.05) is 25.1 Å². The van der Waals surface area contributed by atoms with Gasteiger partial charge in [0, 0.05) is 44.1 Å². The molecule has 3 aromatic heterocycles. The monoisotopic (exact) mass is 487 g/mol. The lowest BCUT2D eigenvalue weighted by molar-refractivity contribution is -0.0396. The molecule has 0 bridgehead atoms. The highest BCUT2D eigenvalue weighted by atomic mass is 32.2. The van der Waals surface area contributed by atoms with Crippen molar-refractivity contribution in [3.05, 3.63) is 11.1 Å². The van der Waals surface area contributed by atoms with Gasteiger partial charge in [-0.3, -0.25) is 0 Å². The SMILES string of the molecule is CCCCN(C)c1nc(SC)nc2c1sc1nc(N3CCOCC3)c3c(c12)CC(C)(C)OC3. The highest BCUT2D eigenvalue weighted by Gasteiger charge is 2.33. The topological polar surface area (TPSA) is 63.6 Å². The van der Waals surface area contributed by atoms with Crippen molar-refractivity contribution in [2.75, 3.05) is 56.0 Å². The van der Waals surface area contributed by atoms with Crippen LogP contribution in [-0.4, -0.2) is 66.7 Å². The third-order valence-electron chi connectivity index (χ3n) is 6.53. The van der Waals surface area contributed by atoms with Crippen molar-refractivity contribution < 1.29 is 9.47 Å². The van der Waals surface area contributed by atoms with E-state index in [0.29, 0.717) is 6.61 Å². The van der Waals surface area contributed by atoms with Gasteiger partial charge in [-0.15, -0.1) is 11.3 Å². The molecule has 2 aliphatic heterocycles. The van der Waals surface area contributed by atoms with Crippen molar-refractivity contribution in [1.29, 1.82) is 0 Å². The van der Waals surface area contributed by atoms with Gasteiger partial charge in [-0.05, 0) is 32.1 Å². The van der Waals surface area contributed by atoms with Gasteiger partial charge >= 0.3 is 0 Å². The molecule has 2 aliphatic rings. The third kappa shape index (κ3) is 4.29. The number of nitrogens with zero attached hydrogens (tertiary/aromatic N) is 5. The van der Waals surface area contributed by atoms with E-state index < -0.39 is 0 Å². The van der Waals surface area contributed by atoms with Crippen LogP contribution < -0.4 is 9.80 Å². The second kappa shape index (κ2) is 9.17. The highest BCUT2D eigenvalue weighted by molar-refractivity contribution is 7.98. The molecule has 9 heteroatoms. The van der Waals surface area contributed by atoms with Crippen LogP contribution in [0.3, 0.4) is 0 Å². The molecule has 0 radical (unpaired) electrons.